The number of carbonyl (C=O) groups is 2. The molecule has 8 heteroatoms. The van der Waals surface area contributed by atoms with Gasteiger partial charge in [-0.25, -0.2) is 8.42 Å². The molecule has 0 heterocycles. The van der Waals surface area contributed by atoms with Gasteiger partial charge in [-0.05, 0) is 63.3 Å². The van der Waals surface area contributed by atoms with E-state index in [2.05, 4.69) is 5.32 Å². The van der Waals surface area contributed by atoms with Crippen molar-refractivity contribution in [1.82, 2.24) is 10.2 Å². The second kappa shape index (κ2) is 11.2. The van der Waals surface area contributed by atoms with Gasteiger partial charge in [0.25, 0.3) is 0 Å². The molecule has 1 aliphatic rings. The van der Waals surface area contributed by atoms with Crippen LogP contribution >= 0.6 is 0 Å². The summed E-state index contributed by atoms with van der Waals surface area (Å²) in [6.45, 7) is 7.27. The normalized spacial score (nSPS) is 15.0. The van der Waals surface area contributed by atoms with Crippen LogP contribution in [0.25, 0.3) is 0 Å². The van der Waals surface area contributed by atoms with Crippen molar-refractivity contribution in [2.45, 2.75) is 72.0 Å². The smallest absolute Gasteiger partial charge is 0.244 e. The summed E-state index contributed by atoms with van der Waals surface area (Å²) in [4.78, 5) is 28.3. The van der Waals surface area contributed by atoms with Crippen LogP contribution in [-0.4, -0.2) is 50.0 Å². The summed E-state index contributed by atoms with van der Waals surface area (Å²) in [5.74, 6) is -0.635. The molecule has 190 valence electrons. The highest BCUT2D eigenvalue weighted by Gasteiger charge is 2.32. The van der Waals surface area contributed by atoms with E-state index >= 15 is 0 Å². The predicted octanol–water partition coefficient (Wildman–Crippen LogP) is 3.85. The lowest BCUT2D eigenvalue weighted by atomic mass is 10.1. The van der Waals surface area contributed by atoms with Gasteiger partial charge in [0, 0.05) is 12.6 Å². The molecule has 0 saturated heterocycles. The zero-order valence-electron chi connectivity index (χ0n) is 21.4. The quantitative estimate of drug-likeness (QED) is 0.568. The number of aryl methyl sites for hydroxylation is 3. The van der Waals surface area contributed by atoms with Crippen molar-refractivity contribution in [3.8, 4) is 0 Å². The number of nitrogens with one attached hydrogen (secondary N) is 1. The number of nitrogens with zero attached hydrogens (tertiary/aromatic N) is 2. The van der Waals surface area contributed by atoms with E-state index in [4.69, 9.17) is 0 Å². The molecule has 0 spiro atoms. The minimum atomic E-state index is -3.74. The van der Waals surface area contributed by atoms with Crippen LogP contribution in [0.5, 0.6) is 0 Å². The number of benzene rings is 2. The van der Waals surface area contributed by atoms with Crippen LogP contribution in [0, 0.1) is 20.8 Å². The van der Waals surface area contributed by atoms with Crippen molar-refractivity contribution in [3.05, 3.63) is 64.7 Å². The molecular formula is C27H37N3O4S. The largest absolute Gasteiger partial charge is 0.352 e. The van der Waals surface area contributed by atoms with E-state index in [9.17, 15) is 18.0 Å². The van der Waals surface area contributed by atoms with Crippen LogP contribution in [0.3, 0.4) is 0 Å². The predicted molar refractivity (Wildman–Crippen MR) is 140 cm³/mol. The topological polar surface area (TPSA) is 86.8 Å². The second-order valence-electron chi connectivity index (χ2n) is 9.67. The van der Waals surface area contributed by atoms with Gasteiger partial charge in [-0.1, -0.05) is 54.8 Å². The van der Waals surface area contributed by atoms with Gasteiger partial charge < -0.3 is 10.2 Å². The number of hydrogen-bond acceptors (Lipinski definition) is 4. The van der Waals surface area contributed by atoms with Crippen LogP contribution in [-0.2, 0) is 26.2 Å². The monoisotopic (exact) mass is 499 g/mol. The zero-order chi connectivity index (χ0) is 25.8. The van der Waals surface area contributed by atoms with Crippen LogP contribution < -0.4 is 9.62 Å². The van der Waals surface area contributed by atoms with Crippen molar-refractivity contribution in [1.29, 1.82) is 0 Å². The lowest BCUT2D eigenvalue weighted by molar-refractivity contribution is -0.139. The van der Waals surface area contributed by atoms with Gasteiger partial charge >= 0.3 is 0 Å². The summed E-state index contributed by atoms with van der Waals surface area (Å²) in [5, 5.41) is 3.08. The van der Waals surface area contributed by atoms with Gasteiger partial charge in [-0.15, -0.1) is 0 Å². The summed E-state index contributed by atoms with van der Waals surface area (Å²) in [7, 11) is -3.74. The minimum absolute atomic E-state index is 0.128. The molecule has 1 atom stereocenters. The van der Waals surface area contributed by atoms with E-state index in [1.165, 1.54) is 4.90 Å². The molecule has 2 aromatic rings. The zero-order valence-corrected chi connectivity index (χ0v) is 22.2. The van der Waals surface area contributed by atoms with Gasteiger partial charge in [0.2, 0.25) is 21.8 Å². The highest BCUT2D eigenvalue weighted by atomic mass is 32.2. The lowest BCUT2D eigenvalue weighted by Gasteiger charge is -2.32. The maximum Gasteiger partial charge on any atom is 0.244 e. The Hall–Kier alpha value is -2.87. The Bertz CT molecular complexity index is 1170. The number of anilines is 1. The van der Waals surface area contributed by atoms with Gasteiger partial charge in [0.1, 0.15) is 12.6 Å². The summed E-state index contributed by atoms with van der Waals surface area (Å²) in [6, 6.07) is 12.5. The van der Waals surface area contributed by atoms with Crippen molar-refractivity contribution in [3.63, 3.8) is 0 Å². The van der Waals surface area contributed by atoms with E-state index in [-0.39, 0.29) is 25.0 Å². The Morgan fingerprint density at radius 3 is 2.29 bits per heavy atom. The van der Waals surface area contributed by atoms with E-state index in [1.54, 1.807) is 13.0 Å². The fourth-order valence-corrected chi connectivity index (χ4v) is 5.53. The fourth-order valence-electron chi connectivity index (χ4n) is 4.63. The van der Waals surface area contributed by atoms with Crippen LogP contribution in [0.4, 0.5) is 5.69 Å². The lowest BCUT2D eigenvalue weighted by Crippen LogP contribution is -2.52. The Morgan fingerprint density at radius 2 is 1.69 bits per heavy atom. The van der Waals surface area contributed by atoms with Crippen LogP contribution in [0.1, 0.15) is 54.9 Å². The first-order chi connectivity index (χ1) is 16.5. The summed E-state index contributed by atoms with van der Waals surface area (Å²) < 4.78 is 26.6. The Balaban J connectivity index is 1.91. The summed E-state index contributed by atoms with van der Waals surface area (Å²) in [6.07, 6.45) is 5.16. The molecule has 1 fully saturated rings. The number of amides is 2. The number of rotatable bonds is 9. The van der Waals surface area contributed by atoms with Gasteiger partial charge in [-0.2, -0.15) is 0 Å². The molecular weight excluding hydrogens is 462 g/mol. The molecule has 1 saturated carbocycles. The first-order valence-corrected chi connectivity index (χ1v) is 14.0. The second-order valence-corrected chi connectivity index (χ2v) is 11.6. The highest BCUT2D eigenvalue weighted by molar-refractivity contribution is 7.92. The van der Waals surface area contributed by atoms with Gasteiger partial charge in [0.15, 0.2) is 0 Å². The molecule has 0 bridgehead atoms. The van der Waals surface area contributed by atoms with Crippen molar-refractivity contribution in [2.75, 3.05) is 17.1 Å². The van der Waals surface area contributed by atoms with Gasteiger partial charge in [0.05, 0.1) is 11.9 Å². The number of sulfonamides is 1. The molecule has 0 unspecified atom stereocenters. The number of carbonyl (C=O) groups excluding carboxylic acids is 2. The minimum Gasteiger partial charge on any atom is -0.352 e. The average molecular weight is 500 g/mol. The molecule has 2 aromatic carbocycles. The van der Waals surface area contributed by atoms with Gasteiger partial charge in [-0.3, -0.25) is 13.9 Å². The van der Waals surface area contributed by atoms with E-state index in [0.29, 0.717) is 5.69 Å². The number of hydrogen-bond donors (Lipinski definition) is 1. The van der Waals surface area contributed by atoms with Crippen LogP contribution in [0.2, 0.25) is 0 Å². The Kier molecular flexibility index (Phi) is 8.59. The fraction of sp³-hybridized carbons (Fsp3) is 0.481. The molecule has 7 nitrogen and oxygen atoms in total. The van der Waals surface area contributed by atoms with Crippen LogP contribution in [0.15, 0.2) is 42.5 Å². The molecule has 2 amide bonds. The third-order valence-corrected chi connectivity index (χ3v) is 7.90. The highest BCUT2D eigenvalue weighted by Crippen LogP contribution is 2.25. The molecule has 1 aliphatic carbocycles. The third kappa shape index (κ3) is 6.84. The molecule has 0 radical (unpaired) electrons. The van der Waals surface area contributed by atoms with E-state index in [1.807, 2.05) is 57.2 Å². The van der Waals surface area contributed by atoms with Crippen molar-refractivity contribution in [2.24, 2.45) is 0 Å². The average Bonchev–Trinajstić information content (AvgIpc) is 3.29. The first-order valence-electron chi connectivity index (χ1n) is 12.2. The molecule has 35 heavy (non-hydrogen) atoms. The summed E-state index contributed by atoms with van der Waals surface area (Å²) in [5.41, 5.74) is 4.15. The maximum absolute atomic E-state index is 13.7. The SMILES string of the molecule is Cc1ccc(N(CC(=O)N(Cc2ccccc2C)[C@H](C)C(=O)NC2CCCC2)S(C)(=O)=O)c(C)c1. The van der Waals surface area contributed by atoms with Crippen molar-refractivity contribution >= 4 is 27.5 Å². The Labute approximate surface area is 209 Å². The third-order valence-electron chi connectivity index (χ3n) is 6.77. The summed E-state index contributed by atoms with van der Waals surface area (Å²) >= 11 is 0. The molecule has 3 rings (SSSR count). The first kappa shape index (κ1) is 26.7. The van der Waals surface area contributed by atoms with Crippen molar-refractivity contribution < 1.29 is 18.0 Å². The molecule has 0 aromatic heterocycles. The molecule has 0 aliphatic heterocycles. The molecule has 1 N–H and O–H groups in total. The van der Waals surface area contributed by atoms with E-state index in [0.717, 1.165) is 58.5 Å². The standard InChI is InChI=1S/C27H37N3O4S/c1-19-14-15-25(21(3)16-19)30(35(5,33)34)18-26(31)29(17-23-11-7-6-10-20(23)2)22(4)27(32)28-24-12-8-9-13-24/h6-7,10-11,14-16,22,24H,8-9,12-13,17-18H2,1-5H3,(H,28,32)/t22-/m1/s1. The maximum atomic E-state index is 13.7. The van der Waals surface area contributed by atoms with E-state index < -0.39 is 22.0 Å². The Morgan fingerprint density at radius 1 is 1.03 bits per heavy atom.